The van der Waals surface area contributed by atoms with E-state index in [1.165, 1.54) is 5.56 Å². The monoisotopic (exact) mass is 445 g/mol. The molecule has 33 heavy (non-hydrogen) atoms. The molecule has 1 unspecified atom stereocenters. The van der Waals surface area contributed by atoms with Gasteiger partial charge in [-0.2, -0.15) is 0 Å². The lowest BCUT2D eigenvalue weighted by Crippen LogP contribution is -2.52. The molecular weight excluding hydrogens is 418 g/mol. The Labute approximate surface area is 192 Å². The number of piperidine rings is 2. The van der Waals surface area contributed by atoms with Crippen LogP contribution in [0.2, 0.25) is 0 Å². The van der Waals surface area contributed by atoms with Crippen molar-refractivity contribution in [2.24, 2.45) is 0 Å². The maximum atomic E-state index is 12.9. The Bertz CT molecular complexity index is 1110. The predicted octanol–water partition coefficient (Wildman–Crippen LogP) is 2.40. The lowest BCUT2D eigenvalue weighted by molar-refractivity contribution is -0.137. The predicted molar refractivity (Wildman–Crippen MR) is 121 cm³/mol. The number of amides is 4. The van der Waals surface area contributed by atoms with E-state index in [9.17, 15) is 19.2 Å². The van der Waals surface area contributed by atoms with Crippen molar-refractivity contribution in [2.75, 3.05) is 13.1 Å². The first-order valence-electron chi connectivity index (χ1n) is 11.6. The van der Waals surface area contributed by atoms with Crippen LogP contribution in [-0.4, -0.2) is 52.6 Å². The van der Waals surface area contributed by atoms with Crippen molar-refractivity contribution >= 4 is 23.6 Å². The molecule has 0 aromatic heterocycles. The molecule has 0 bridgehead atoms. The number of likely N-dealkylation sites (tertiary alicyclic amines) is 1. The average Bonchev–Trinajstić information content (AvgIpc) is 3.15. The summed E-state index contributed by atoms with van der Waals surface area (Å²) < 4.78 is 0. The van der Waals surface area contributed by atoms with Crippen molar-refractivity contribution in [1.82, 2.24) is 15.1 Å². The fourth-order valence-electron chi connectivity index (χ4n) is 5.19. The summed E-state index contributed by atoms with van der Waals surface area (Å²) in [6, 6.07) is 15.2. The zero-order valence-electron chi connectivity index (χ0n) is 18.5. The van der Waals surface area contributed by atoms with E-state index in [4.69, 9.17) is 0 Å². The summed E-state index contributed by atoms with van der Waals surface area (Å²) in [5, 5.41) is 2.34. The molecule has 7 heteroatoms. The maximum Gasteiger partial charge on any atom is 0.255 e. The smallest absolute Gasteiger partial charge is 0.255 e. The van der Waals surface area contributed by atoms with Gasteiger partial charge < -0.3 is 9.80 Å². The van der Waals surface area contributed by atoms with Gasteiger partial charge in [-0.15, -0.1) is 0 Å². The Morgan fingerprint density at radius 3 is 2.45 bits per heavy atom. The molecule has 3 aliphatic rings. The van der Waals surface area contributed by atoms with Crippen molar-refractivity contribution in [3.8, 4) is 0 Å². The number of fused-ring (bicyclic) bond motifs is 1. The van der Waals surface area contributed by atoms with Gasteiger partial charge in [0.1, 0.15) is 6.04 Å². The number of carbonyl (C=O) groups is 4. The van der Waals surface area contributed by atoms with Crippen LogP contribution in [-0.2, 0) is 27.3 Å². The second kappa shape index (κ2) is 8.81. The Hall–Kier alpha value is -3.48. The van der Waals surface area contributed by atoms with Gasteiger partial charge in [-0.25, -0.2) is 0 Å². The second-order valence-corrected chi connectivity index (χ2v) is 9.13. The van der Waals surface area contributed by atoms with Crippen LogP contribution in [0, 0.1) is 0 Å². The molecular formula is C26H27N3O4. The number of hydrogen-bond acceptors (Lipinski definition) is 4. The number of carbonyl (C=O) groups excluding carboxylic acids is 4. The van der Waals surface area contributed by atoms with E-state index in [0.29, 0.717) is 30.9 Å². The largest absolute Gasteiger partial charge is 0.342 e. The molecule has 7 nitrogen and oxygen atoms in total. The fourth-order valence-corrected chi connectivity index (χ4v) is 5.19. The standard InChI is InChI=1S/C26H27N3O4/c30-23-9-8-22(25(32)27-23)29-16-20-15-19(6-7-21(20)26(29)33)18-10-12-28(13-11-18)24(31)14-17-4-2-1-3-5-17/h1-7,15,18,22H,8-14,16H2,(H,27,30,32). The maximum absolute atomic E-state index is 12.9. The van der Waals surface area contributed by atoms with Gasteiger partial charge in [0.25, 0.3) is 5.91 Å². The molecule has 1 atom stereocenters. The Kier molecular flexibility index (Phi) is 5.70. The molecule has 0 spiro atoms. The third-order valence-corrected chi connectivity index (χ3v) is 7.06. The first-order valence-corrected chi connectivity index (χ1v) is 11.6. The highest BCUT2D eigenvalue weighted by atomic mass is 16.2. The van der Waals surface area contributed by atoms with Gasteiger partial charge >= 0.3 is 0 Å². The Morgan fingerprint density at radius 1 is 0.970 bits per heavy atom. The van der Waals surface area contributed by atoms with Crippen molar-refractivity contribution in [3.05, 3.63) is 70.8 Å². The molecule has 0 radical (unpaired) electrons. The van der Waals surface area contributed by atoms with Gasteiger partial charge in [0.15, 0.2) is 0 Å². The number of nitrogens with zero attached hydrogens (tertiary/aromatic N) is 2. The summed E-state index contributed by atoms with van der Waals surface area (Å²) in [6.07, 6.45) is 2.84. The quantitative estimate of drug-likeness (QED) is 0.733. The van der Waals surface area contributed by atoms with Crippen LogP contribution in [0.3, 0.4) is 0 Å². The van der Waals surface area contributed by atoms with Crippen LogP contribution in [0.4, 0.5) is 0 Å². The molecule has 0 aliphatic carbocycles. The first-order chi connectivity index (χ1) is 16.0. The lowest BCUT2D eigenvalue weighted by Gasteiger charge is -2.32. The van der Waals surface area contributed by atoms with Crippen molar-refractivity contribution in [2.45, 2.75) is 50.6 Å². The van der Waals surface area contributed by atoms with Gasteiger partial charge in [0.2, 0.25) is 17.7 Å². The number of imide groups is 1. The van der Waals surface area contributed by atoms with Crippen molar-refractivity contribution in [3.63, 3.8) is 0 Å². The minimum atomic E-state index is -0.593. The summed E-state index contributed by atoms with van der Waals surface area (Å²) in [5.74, 6) is -0.307. The first kappa shape index (κ1) is 21.4. The highest BCUT2D eigenvalue weighted by Gasteiger charge is 2.39. The summed E-state index contributed by atoms with van der Waals surface area (Å²) in [5.41, 5.74) is 3.79. The third-order valence-electron chi connectivity index (χ3n) is 7.06. The number of hydrogen-bond donors (Lipinski definition) is 1. The third kappa shape index (κ3) is 4.27. The van der Waals surface area contributed by atoms with Gasteiger partial charge in [-0.1, -0.05) is 42.5 Å². The molecule has 2 fully saturated rings. The molecule has 3 aliphatic heterocycles. The van der Waals surface area contributed by atoms with Crippen LogP contribution in [0.15, 0.2) is 48.5 Å². The van der Waals surface area contributed by atoms with Crippen LogP contribution in [0.5, 0.6) is 0 Å². The summed E-state index contributed by atoms with van der Waals surface area (Å²) in [7, 11) is 0. The zero-order valence-corrected chi connectivity index (χ0v) is 18.5. The zero-order chi connectivity index (χ0) is 22.9. The van der Waals surface area contributed by atoms with Gasteiger partial charge in [-0.3, -0.25) is 24.5 Å². The molecule has 1 N–H and O–H groups in total. The second-order valence-electron chi connectivity index (χ2n) is 9.13. The van der Waals surface area contributed by atoms with Crippen molar-refractivity contribution < 1.29 is 19.2 Å². The normalized spacial score (nSPS) is 21.2. The lowest BCUT2D eigenvalue weighted by atomic mass is 9.87. The van der Waals surface area contributed by atoms with Crippen LogP contribution in [0.25, 0.3) is 0 Å². The highest BCUT2D eigenvalue weighted by molar-refractivity contribution is 6.05. The molecule has 5 rings (SSSR count). The van der Waals surface area contributed by atoms with Crippen LogP contribution < -0.4 is 5.32 Å². The van der Waals surface area contributed by atoms with Gasteiger partial charge in [0, 0.05) is 31.6 Å². The summed E-state index contributed by atoms with van der Waals surface area (Å²) >= 11 is 0. The molecule has 2 aromatic carbocycles. The topological polar surface area (TPSA) is 86.8 Å². The van der Waals surface area contributed by atoms with E-state index < -0.39 is 6.04 Å². The van der Waals surface area contributed by atoms with E-state index in [1.54, 1.807) is 4.90 Å². The van der Waals surface area contributed by atoms with Crippen molar-refractivity contribution in [1.29, 1.82) is 0 Å². The molecule has 170 valence electrons. The van der Waals surface area contributed by atoms with Crippen LogP contribution in [0.1, 0.15) is 58.6 Å². The average molecular weight is 446 g/mol. The van der Waals surface area contributed by atoms with E-state index in [2.05, 4.69) is 11.4 Å². The molecule has 4 amide bonds. The molecule has 3 heterocycles. The Morgan fingerprint density at radius 2 is 1.73 bits per heavy atom. The van der Waals surface area contributed by atoms with Gasteiger partial charge in [0.05, 0.1) is 6.42 Å². The fraction of sp³-hybridized carbons (Fsp3) is 0.385. The van der Waals surface area contributed by atoms with E-state index >= 15 is 0 Å². The van der Waals surface area contributed by atoms with E-state index in [1.807, 2.05) is 47.4 Å². The van der Waals surface area contributed by atoms with E-state index in [-0.39, 0.29) is 30.0 Å². The minimum absolute atomic E-state index is 0.146. The van der Waals surface area contributed by atoms with E-state index in [0.717, 1.165) is 37.1 Å². The molecule has 2 saturated heterocycles. The molecule has 2 aromatic rings. The van der Waals surface area contributed by atoms with Crippen LogP contribution >= 0.6 is 0 Å². The number of benzene rings is 2. The molecule has 0 saturated carbocycles. The summed E-state index contributed by atoms with van der Waals surface area (Å²) in [4.78, 5) is 52.8. The Balaban J connectivity index is 1.22. The minimum Gasteiger partial charge on any atom is -0.342 e. The number of rotatable bonds is 4. The SMILES string of the molecule is O=C1CCC(N2Cc3cc(C4CCN(C(=O)Cc5ccccc5)CC4)ccc3C2=O)C(=O)N1. The van der Waals surface area contributed by atoms with Gasteiger partial charge in [-0.05, 0) is 47.9 Å². The summed E-state index contributed by atoms with van der Waals surface area (Å²) in [6.45, 7) is 1.85. The number of nitrogens with one attached hydrogen (secondary N) is 1. The highest BCUT2D eigenvalue weighted by Crippen LogP contribution is 2.33.